The first-order valence-electron chi connectivity index (χ1n) is 4.57. The first-order valence-corrected chi connectivity index (χ1v) is 4.57. The van der Waals surface area contributed by atoms with E-state index in [4.69, 9.17) is 0 Å². The minimum Gasteiger partial charge on any atom is -0.247 e. The molecule has 1 aromatic rings. The van der Waals surface area contributed by atoms with Crippen molar-refractivity contribution >= 4 is 0 Å². The molecule has 0 aliphatic heterocycles. The van der Waals surface area contributed by atoms with E-state index in [0.29, 0.717) is 6.04 Å². The van der Waals surface area contributed by atoms with Gasteiger partial charge < -0.3 is 0 Å². The van der Waals surface area contributed by atoms with Gasteiger partial charge in [0.05, 0.1) is 11.4 Å². The van der Waals surface area contributed by atoms with Crippen LogP contribution in [0, 0.1) is 6.92 Å². The van der Waals surface area contributed by atoms with Crippen LogP contribution in [-0.4, -0.2) is 15.0 Å². The number of hydrogen-bond acceptors (Lipinski definition) is 2. The van der Waals surface area contributed by atoms with Gasteiger partial charge in [0.15, 0.2) is 0 Å². The number of hydrogen-bond donors (Lipinski definition) is 0. The summed E-state index contributed by atoms with van der Waals surface area (Å²) in [6.45, 7) is 8.49. The molecule has 0 fully saturated rings. The van der Waals surface area contributed by atoms with E-state index in [-0.39, 0.29) is 0 Å². The van der Waals surface area contributed by atoms with Crippen molar-refractivity contribution in [2.24, 2.45) is 0 Å². The van der Waals surface area contributed by atoms with Crippen LogP contribution < -0.4 is 0 Å². The third kappa shape index (κ3) is 1.65. The predicted octanol–water partition coefficient (Wildman–Crippen LogP) is 2.12. The zero-order chi connectivity index (χ0) is 9.14. The Morgan fingerprint density at radius 1 is 1.42 bits per heavy atom. The van der Waals surface area contributed by atoms with Crippen LogP contribution in [0.1, 0.15) is 44.6 Å². The summed E-state index contributed by atoms with van der Waals surface area (Å²) in [6, 6.07) is 0.420. The molecule has 0 N–H and O–H groups in total. The van der Waals surface area contributed by atoms with Crippen LogP contribution in [0.3, 0.4) is 0 Å². The van der Waals surface area contributed by atoms with Crippen molar-refractivity contribution in [1.82, 2.24) is 15.0 Å². The molecule has 0 aromatic carbocycles. The van der Waals surface area contributed by atoms with Gasteiger partial charge in [0.2, 0.25) is 0 Å². The van der Waals surface area contributed by atoms with E-state index in [1.165, 1.54) is 5.69 Å². The summed E-state index contributed by atoms with van der Waals surface area (Å²) >= 11 is 0. The molecule has 12 heavy (non-hydrogen) atoms. The van der Waals surface area contributed by atoms with Gasteiger partial charge in [-0.25, -0.2) is 4.68 Å². The molecule has 3 heteroatoms. The second-order valence-electron chi connectivity index (χ2n) is 3.41. The molecule has 0 bridgehead atoms. The maximum absolute atomic E-state index is 4.14. The zero-order valence-electron chi connectivity index (χ0n) is 8.33. The summed E-state index contributed by atoms with van der Waals surface area (Å²) in [5.74, 6) is 0. The molecule has 0 amide bonds. The molecule has 0 radical (unpaired) electrons. The van der Waals surface area contributed by atoms with Gasteiger partial charge in [0.1, 0.15) is 0 Å². The van der Waals surface area contributed by atoms with E-state index in [1.807, 2.05) is 4.68 Å². The fourth-order valence-corrected chi connectivity index (χ4v) is 1.33. The lowest BCUT2D eigenvalue weighted by molar-refractivity contribution is 0.502. The number of nitrogens with zero attached hydrogens (tertiary/aromatic N) is 3. The molecule has 1 heterocycles. The van der Waals surface area contributed by atoms with Gasteiger partial charge in [-0.15, -0.1) is 5.10 Å². The van der Waals surface area contributed by atoms with Crippen LogP contribution in [-0.2, 0) is 6.42 Å². The molecule has 0 aliphatic rings. The topological polar surface area (TPSA) is 30.7 Å². The Bertz CT molecular complexity index is 250. The van der Waals surface area contributed by atoms with Crippen molar-refractivity contribution in [3.05, 3.63) is 11.4 Å². The Hall–Kier alpha value is -0.860. The van der Waals surface area contributed by atoms with E-state index < -0.39 is 0 Å². The van der Waals surface area contributed by atoms with Crippen molar-refractivity contribution in [3.63, 3.8) is 0 Å². The number of rotatable bonds is 3. The second kappa shape index (κ2) is 3.70. The van der Waals surface area contributed by atoms with E-state index in [0.717, 1.165) is 18.5 Å². The number of aromatic nitrogens is 3. The van der Waals surface area contributed by atoms with Gasteiger partial charge in [-0.3, -0.25) is 0 Å². The van der Waals surface area contributed by atoms with Gasteiger partial charge in [0.25, 0.3) is 0 Å². The van der Waals surface area contributed by atoms with Gasteiger partial charge in [-0.1, -0.05) is 18.6 Å². The van der Waals surface area contributed by atoms with Crippen molar-refractivity contribution in [2.75, 3.05) is 0 Å². The van der Waals surface area contributed by atoms with Gasteiger partial charge in [-0.05, 0) is 27.2 Å². The first kappa shape index (κ1) is 9.23. The third-order valence-electron chi connectivity index (χ3n) is 2.00. The van der Waals surface area contributed by atoms with Crippen LogP contribution in [0.2, 0.25) is 0 Å². The molecular formula is C9H17N3. The average molecular weight is 167 g/mol. The molecule has 0 aliphatic carbocycles. The van der Waals surface area contributed by atoms with E-state index in [2.05, 4.69) is 38.0 Å². The van der Waals surface area contributed by atoms with Crippen LogP contribution >= 0.6 is 0 Å². The molecule has 0 saturated carbocycles. The smallest absolute Gasteiger partial charge is 0.0856 e. The molecule has 3 nitrogen and oxygen atoms in total. The van der Waals surface area contributed by atoms with E-state index in [1.54, 1.807) is 0 Å². The van der Waals surface area contributed by atoms with Crippen LogP contribution in [0.4, 0.5) is 0 Å². The predicted molar refractivity (Wildman–Crippen MR) is 49.1 cm³/mol. The standard InChI is InChI=1S/C9H17N3/c1-5-6-9-8(4)12(7(2)3)11-10-9/h7H,5-6H2,1-4H3. The summed E-state index contributed by atoms with van der Waals surface area (Å²) in [5.41, 5.74) is 2.36. The van der Waals surface area contributed by atoms with Crippen LogP contribution in [0.5, 0.6) is 0 Å². The average Bonchev–Trinajstić information content (AvgIpc) is 2.34. The molecule has 0 spiro atoms. The second-order valence-corrected chi connectivity index (χ2v) is 3.41. The van der Waals surface area contributed by atoms with Crippen LogP contribution in [0.15, 0.2) is 0 Å². The molecule has 0 atom stereocenters. The molecule has 0 saturated heterocycles. The minimum absolute atomic E-state index is 0.420. The molecule has 1 rings (SSSR count). The maximum atomic E-state index is 4.14. The third-order valence-corrected chi connectivity index (χ3v) is 2.00. The lowest BCUT2D eigenvalue weighted by atomic mass is 10.2. The first-order chi connectivity index (χ1) is 5.66. The van der Waals surface area contributed by atoms with Gasteiger partial charge in [-0.2, -0.15) is 0 Å². The quantitative estimate of drug-likeness (QED) is 0.690. The maximum Gasteiger partial charge on any atom is 0.0856 e. The fourth-order valence-electron chi connectivity index (χ4n) is 1.33. The van der Waals surface area contributed by atoms with Crippen molar-refractivity contribution < 1.29 is 0 Å². The highest BCUT2D eigenvalue weighted by molar-refractivity contribution is 5.08. The largest absolute Gasteiger partial charge is 0.247 e. The normalized spacial score (nSPS) is 11.1. The molecule has 0 unspecified atom stereocenters. The Labute approximate surface area is 73.8 Å². The van der Waals surface area contributed by atoms with Crippen molar-refractivity contribution in [2.45, 2.75) is 46.6 Å². The van der Waals surface area contributed by atoms with E-state index in [9.17, 15) is 0 Å². The summed E-state index contributed by atoms with van der Waals surface area (Å²) in [4.78, 5) is 0. The minimum atomic E-state index is 0.420. The highest BCUT2D eigenvalue weighted by Crippen LogP contribution is 2.11. The summed E-state index contributed by atoms with van der Waals surface area (Å²) in [6.07, 6.45) is 2.18. The monoisotopic (exact) mass is 167 g/mol. The molecule has 1 aromatic heterocycles. The Morgan fingerprint density at radius 3 is 2.50 bits per heavy atom. The Kier molecular flexibility index (Phi) is 2.84. The summed E-state index contributed by atoms with van der Waals surface area (Å²) in [5, 5.41) is 8.24. The van der Waals surface area contributed by atoms with E-state index >= 15 is 0 Å². The lowest BCUT2D eigenvalue weighted by Crippen LogP contribution is -2.05. The Morgan fingerprint density at radius 2 is 2.08 bits per heavy atom. The SMILES string of the molecule is CCCc1nnn(C(C)C)c1C. The fraction of sp³-hybridized carbons (Fsp3) is 0.778. The lowest BCUT2D eigenvalue weighted by Gasteiger charge is -2.06. The van der Waals surface area contributed by atoms with Crippen LogP contribution in [0.25, 0.3) is 0 Å². The van der Waals surface area contributed by atoms with Gasteiger partial charge in [0, 0.05) is 6.04 Å². The Balaban J connectivity index is 2.88. The van der Waals surface area contributed by atoms with Crippen molar-refractivity contribution in [3.8, 4) is 0 Å². The molecule has 68 valence electrons. The van der Waals surface area contributed by atoms with Gasteiger partial charge >= 0.3 is 0 Å². The number of aryl methyl sites for hydroxylation is 1. The summed E-state index contributed by atoms with van der Waals surface area (Å²) < 4.78 is 1.98. The highest BCUT2D eigenvalue weighted by Gasteiger charge is 2.08. The highest BCUT2D eigenvalue weighted by atomic mass is 15.4. The summed E-state index contributed by atoms with van der Waals surface area (Å²) in [7, 11) is 0. The zero-order valence-corrected chi connectivity index (χ0v) is 8.33. The van der Waals surface area contributed by atoms with Crippen molar-refractivity contribution in [1.29, 1.82) is 0 Å². The molecular weight excluding hydrogens is 150 g/mol.